The van der Waals surface area contributed by atoms with Gasteiger partial charge in [-0.3, -0.25) is 9.78 Å². The summed E-state index contributed by atoms with van der Waals surface area (Å²) in [5.74, 6) is 0.602. The van der Waals surface area contributed by atoms with Crippen molar-refractivity contribution in [2.75, 3.05) is 18.0 Å². The number of ether oxygens (including phenoxy) is 1. The number of carbonyl (C=O) groups excluding carboxylic acids is 1. The maximum atomic E-state index is 12.4. The van der Waals surface area contributed by atoms with E-state index in [2.05, 4.69) is 20.9 Å². The van der Waals surface area contributed by atoms with Crippen LogP contribution >= 0.6 is 0 Å². The first-order chi connectivity index (χ1) is 12.2. The summed E-state index contributed by atoms with van der Waals surface area (Å²) < 4.78 is 5.62. The van der Waals surface area contributed by atoms with Crippen molar-refractivity contribution in [3.8, 4) is 6.07 Å². The first-order valence-corrected chi connectivity index (χ1v) is 8.39. The van der Waals surface area contributed by atoms with Crippen LogP contribution in [0.4, 0.5) is 5.82 Å². The summed E-state index contributed by atoms with van der Waals surface area (Å²) in [7, 11) is 0. The molecule has 0 bridgehead atoms. The van der Waals surface area contributed by atoms with Crippen molar-refractivity contribution >= 4 is 11.8 Å². The number of nitrogens with zero attached hydrogens (tertiary/aromatic N) is 4. The second kappa shape index (κ2) is 7.75. The topological polar surface area (TPSA) is 79.1 Å². The predicted octanol–water partition coefficient (Wildman–Crippen LogP) is 2.87. The van der Waals surface area contributed by atoms with Crippen molar-refractivity contribution in [1.82, 2.24) is 9.97 Å². The molecule has 1 aromatic carbocycles. The third-order valence-corrected chi connectivity index (χ3v) is 4.50. The van der Waals surface area contributed by atoms with Gasteiger partial charge in [-0.05, 0) is 37.5 Å². The SMILES string of the molecule is C[C@@H](OC(=O)C1CCN(c2cnccn2)CC1)c1ccc(C#N)cc1. The largest absolute Gasteiger partial charge is 0.458 e. The molecule has 2 heterocycles. The Hall–Kier alpha value is -2.94. The molecule has 0 unspecified atom stereocenters. The quantitative estimate of drug-likeness (QED) is 0.799. The van der Waals surface area contributed by atoms with Gasteiger partial charge < -0.3 is 9.64 Å². The highest BCUT2D eigenvalue weighted by molar-refractivity contribution is 5.73. The number of hydrogen-bond acceptors (Lipinski definition) is 6. The Morgan fingerprint density at radius 3 is 2.60 bits per heavy atom. The van der Waals surface area contributed by atoms with Gasteiger partial charge in [0.2, 0.25) is 0 Å². The Morgan fingerprint density at radius 2 is 2.00 bits per heavy atom. The van der Waals surface area contributed by atoms with E-state index in [0.717, 1.165) is 37.3 Å². The van der Waals surface area contributed by atoms with Gasteiger partial charge >= 0.3 is 5.97 Å². The van der Waals surface area contributed by atoms with Crippen LogP contribution in [0.1, 0.15) is 37.0 Å². The maximum absolute atomic E-state index is 12.4. The molecule has 2 aromatic rings. The normalized spacial score (nSPS) is 16.1. The van der Waals surface area contributed by atoms with Crippen molar-refractivity contribution in [1.29, 1.82) is 5.26 Å². The number of piperidine rings is 1. The summed E-state index contributed by atoms with van der Waals surface area (Å²) in [6, 6.07) is 9.20. The highest BCUT2D eigenvalue weighted by Gasteiger charge is 2.28. The van der Waals surface area contributed by atoms with Crippen LogP contribution in [0.25, 0.3) is 0 Å². The van der Waals surface area contributed by atoms with E-state index < -0.39 is 0 Å². The minimum absolute atomic E-state index is 0.0891. The second-order valence-corrected chi connectivity index (χ2v) is 6.14. The molecular weight excluding hydrogens is 316 g/mol. The maximum Gasteiger partial charge on any atom is 0.309 e. The third kappa shape index (κ3) is 4.13. The smallest absolute Gasteiger partial charge is 0.309 e. The first kappa shape index (κ1) is 16.9. The first-order valence-electron chi connectivity index (χ1n) is 8.39. The lowest BCUT2D eigenvalue weighted by molar-refractivity contribution is -0.154. The molecule has 0 aliphatic carbocycles. The summed E-state index contributed by atoms with van der Waals surface area (Å²) in [5, 5.41) is 8.84. The molecule has 1 fully saturated rings. The van der Waals surface area contributed by atoms with Crippen LogP contribution in [-0.4, -0.2) is 29.0 Å². The zero-order valence-electron chi connectivity index (χ0n) is 14.1. The number of anilines is 1. The lowest BCUT2D eigenvalue weighted by atomic mass is 9.97. The van der Waals surface area contributed by atoms with Crippen molar-refractivity contribution in [2.24, 2.45) is 5.92 Å². The monoisotopic (exact) mass is 336 g/mol. The van der Waals surface area contributed by atoms with Gasteiger partial charge in [0.15, 0.2) is 0 Å². The fourth-order valence-corrected chi connectivity index (χ4v) is 2.97. The lowest BCUT2D eigenvalue weighted by Gasteiger charge is -2.31. The van der Waals surface area contributed by atoms with Gasteiger partial charge in [0.25, 0.3) is 0 Å². The van der Waals surface area contributed by atoms with Gasteiger partial charge in [0.1, 0.15) is 11.9 Å². The van der Waals surface area contributed by atoms with Crippen LogP contribution in [0, 0.1) is 17.2 Å². The molecule has 0 spiro atoms. The van der Waals surface area contributed by atoms with E-state index in [4.69, 9.17) is 10.00 Å². The van der Waals surface area contributed by atoms with Crippen LogP contribution in [-0.2, 0) is 9.53 Å². The summed E-state index contributed by atoms with van der Waals surface area (Å²) in [4.78, 5) is 22.9. The van der Waals surface area contributed by atoms with E-state index >= 15 is 0 Å². The average Bonchev–Trinajstić information content (AvgIpc) is 2.68. The fraction of sp³-hybridized carbons (Fsp3) is 0.368. The Kier molecular flexibility index (Phi) is 5.24. The van der Waals surface area contributed by atoms with Crippen LogP contribution < -0.4 is 4.90 Å². The van der Waals surface area contributed by atoms with Gasteiger partial charge in [-0.2, -0.15) is 5.26 Å². The summed E-state index contributed by atoms with van der Waals surface area (Å²) in [6.07, 6.45) is 6.24. The average molecular weight is 336 g/mol. The molecule has 6 heteroatoms. The number of benzene rings is 1. The molecule has 0 amide bonds. The van der Waals surface area contributed by atoms with E-state index in [1.807, 2.05) is 19.1 Å². The van der Waals surface area contributed by atoms with Crippen LogP contribution in [0.2, 0.25) is 0 Å². The summed E-state index contributed by atoms with van der Waals surface area (Å²) in [5.41, 5.74) is 1.49. The highest BCUT2D eigenvalue weighted by atomic mass is 16.5. The van der Waals surface area contributed by atoms with Crippen molar-refractivity contribution in [3.05, 3.63) is 54.0 Å². The molecule has 1 aliphatic heterocycles. The standard InChI is InChI=1S/C19H20N4O2/c1-14(16-4-2-15(12-20)3-5-16)25-19(24)17-6-10-23(11-7-17)18-13-21-8-9-22-18/h2-5,8-9,13-14,17H,6-7,10-11H2,1H3/t14-/m1/s1. The van der Waals surface area contributed by atoms with Gasteiger partial charge in [-0.1, -0.05) is 12.1 Å². The van der Waals surface area contributed by atoms with Gasteiger partial charge in [0, 0.05) is 25.5 Å². The molecule has 3 rings (SSSR count). The lowest BCUT2D eigenvalue weighted by Crippen LogP contribution is -2.37. The number of carbonyl (C=O) groups is 1. The molecule has 1 atom stereocenters. The van der Waals surface area contributed by atoms with Crippen molar-refractivity contribution in [3.63, 3.8) is 0 Å². The molecular formula is C19H20N4O2. The zero-order chi connectivity index (χ0) is 17.6. The van der Waals surface area contributed by atoms with Crippen molar-refractivity contribution < 1.29 is 9.53 Å². The molecule has 1 saturated heterocycles. The number of hydrogen-bond donors (Lipinski definition) is 0. The van der Waals surface area contributed by atoms with Gasteiger partial charge in [0.05, 0.1) is 23.7 Å². The summed E-state index contributed by atoms with van der Waals surface area (Å²) >= 11 is 0. The number of rotatable bonds is 4. The molecule has 1 aliphatic rings. The van der Waals surface area contributed by atoms with E-state index in [1.54, 1.807) is 30.7 Å². The Labute approximate surface area is 147 Å². The number of aromatic nitrogens is 2. The molecule has 128 valence electrons. The van der Waals surface area contributed by atoms with E-state index in [0.29, 0.717) is 5.56 Å². The Bertz CT molecular complexity index is 747. The van der Waals surface area contributed by atoms with E-state index in [9.17, 15) is 4.79 Å². The Balaban J connectivity index is 1.53. The van der Waals surface area contributed by atoms with Gasteiger partial charge in [-0.15, -0.1) is 0 Å². The molecule has 25 heavy (non-hydrogen) atoms. The van der Waals surface area contributed by atoms with E-state index in [-0.39, 0.29) is 18.0 Å². The number of nitriles is 1. The van der Waals surface area contributed by atoms with Crippen LogP contribution in [0.15, 0.2) is 42.9 Å². The molecule has 1 aromatic heterocycles. The third-order valence-electron chi connectivity index (χ3n) is 4.50. The molecule has 0 saturated carbocycles. The van der Waals surface area contributed by atoms with Crippen LogP contribution in [0.5, 0.6) is 0 Å². The van der Waals surface area contributed by atoms with Crippen molar-refractivity contribution in [2.45, 2.75) is 25.9 Å². The molecule has 0 radical (unpaired) electrons. The zero-order valence-corrected chi connectivity index (χ0v) is 14.1. The van der Waals surface area contributed by atoms with Crippen LogP contribution in [0.3, 0.4) is 0 Å². The Morgan fingerprint density at radius 1 is 1.28 bits per heavy atom. The predicted molar refractivity (Wildman–Crippen MR) is 92.6 cm³/mol. The number of esters is 1. The second-order valence-electron chi connectivity index (χ2n) is 6.14. The highest BCUT2D eigenvalue weighted by Crippen LogP contribution is 2.25. The molecule has 6 nitrogen and oxygen atoms in total. The minimum atomic E-state index is -0.321. The van der Waals surface area contributed by atoms with E-state index in [1.165, 1.54) is 0 Å². The van der Waals surface area contributed by atoms with Gasteiger partial charge in [-0.25, -0.2) is 4.98 Å². The fourth-order valence-electron chi connectivity index (χ4n) is 2.97. The molecule has 0 N–H and O–H groups in total. The minimum Gasteiger partial charge on any atom is -0.458 e. The summed E-state index contributed by atoms with van der Waals surface area (Å²) in [6.45, 7) is 3.39.